The van der Waals surface area contributed by atoms with Gasteiger partial charge in [0.25, 0.3) is 5.91 Å². The molecule has 9 heteroatoms. The fraction of sp³-hybridized carbons (Fsp3) is 0.481. The molecule has 5 amide bonds. The highest BCUT2D eigenvalue weighted by Gasteiger charge is 2.52. The number of carbonyl (C=O) groups excluding carboxylic acids is 3. The molecule has 0 bridgehead atoms. The van der Waals surface area contributed by atoms with E-state index in [4.69, 9.17) is 0 Å². The number of benzene rings is 1. The second-order valence-corrected chi connectivity index (χ2v) is 11.1. The molecule has 2 saturated heterocycles. The summed E-state index contributed by atoms with van der Waals surface area (Å²) in [6.45, 7) is 10.4. The molecule has 1 aromatic heterocycles. The Bertz CT molecular complexity index is 1190. The van der Waals surface area contributed by atoms with E-state index in [1.54, 1.807) is 36.0 Å². The molecule has 2 fully saturated rings. The Hall–Kier alpha value is -3.46. The van der Waals surface area contributed by atoms with Crippen molar-refractivity contribution in [2.24, 2.45) is 0 Å². The average molecular weight is 491 g/mol. The molecular formula is C27H34N6O3. The lowest BCUT2D eigenvalue weighted by Gasteiger charge is -2.27. The number of rotatable bonds is 4. The fourth-order valence-electron chi connectivity index (χ4n) is 5.42. The summed E-state index contributed by atoms with van der Waals surface area (Å²) >= 11 is 0. The molecule has 0 atom stereocenters. The largest absolute Gasteiger partial charge is 0.335 e. The van der Waals surface area contributed by atoms with Crippen LogP contribution in [-0.2, 0) is 16.8 Å². The highest BCUT2D eigenvalue weighted by molar-refractivity contribution is 6.23. The summed E-state index contributed by atoms with van der Waals surface area (Å²) in [4.78, 5) is 49.0. The van der Waals surface area contributed by atoms with Gasteiger partial charge in [-0.05, 0) is 75.2 Å². The zero-order valence-corrected chi connectivity index (χ0v) is 21.4. The summed E-state index contributed by atoms with van der Waals surface area (Å²) in [7, 11) is 0. The lowest BCUT2D eigenvalue weighted by molar-refractivity contribution is -0.123. The van der Waals surface area contributed by atoms with Gasteiger partial charge in [-0.2, -0.15) is 0 Å². The highest BCUT2D eigenvalue weighted by Crippen LogP contribution is 2.44. The van der Waals surface area contributed by atoms with Gasteiger partial charge in [-0.1, -0.05) is 19.9 Å². The van der Waals surface area contributed by atoms with E-state index in [1.807, 2.05) is 30.3 Å². The summed E-state index contributed by atoms with van der Waals surface area (Å²) in [6.07, 6.45) is 5.15. The molecule has 0 unspecified atom stereocenters. The first-order chi connectivity index (χ1) is 17.1. The number of aromatic nitrogens is 1. The number of urea groups is 2. The molecular weight excluding hydrogens is 456 g/mol. The molecule has 9 nitrogen and oxygen atoms in total. The second-order valence-electron chi connectivity index (χ2n) is 11.1. The van der Waals surface area contributed by atoms with Gasteiger partial charge in [-0.3, -0.25) is 14.7 Å². The fourth-order valence-corrected chi connectivity index (χ4v) is 5.42. The number of hydrogen-bond donors (Lipinski definition) is 2. The maximum Gasteiger partial charge on any atom is 0.332 e. The Labute approximate surface area is 211 Å². The first kappa shape index (κ1) is 24.2. The zero-order chi connectivity index (χ0) is 25.7. The molecule has 0 radical (unpaired) electrons. The van der Waals surface area contributed by atoms with E-state index in [9.17, 15) is 14.4 Å². The number of nitrogens with zero attached hydrogens (tertiary/aromatic N) is 4. The predicted molar refractivity (Wildman–Crippen MR) is 138 cm³/mol. The summed E-state index contributed by atoms with van der Waals surface area (Å²) in [5.41, 5.74) is 1.90. The van der Waals surface area contributed by atoms with Gasteiger partial charge in [0.05, 0.1) is 11.4 Å². The number of anilines is 2. The zero-order valence-electron chi connectivity index (χ0n) is 21.4. The van der Waals surface area contributed by atoms with Crippen molar-refractivity contribution in [1.29, 1.82) is 0 Å². The maximum absolute atomic E-state index is 13.6. The van der Waals surface area contributed by atoms with Crippen LogP contribution in [0, 0.1) is 0 Å². The van der Waals surface area contributed by atoms with Crippen molar-refractivity contribution >= 4 is 29.3 Å². The molecule has 4 heterocycles. The topological polar surface area (TPSA) is 97.9 Å². The Kier molecular flexibility index (Phi) is 5.98. The molecule has 0 aliphatic carbocycles. The number of pyridine rings is 1. The third kappa shape index (κ3) is 4.11. The van der Waals surface area contributed by atoms with Crippen LogP contribution in [0.3, 0.4) is 0 Å². The molecule has 3 aliphatic heterocycles. The summed E-state index contributed by atoms with van der Waals surface area (Å²) in [6, 6.07) is 8.89. The Morgan fingerprint density at radius 3 is 2.47 bits per heavy atom. The monoisotopic (exact) mass is 490 g/mol. The number of imide groups is 1. The van der Waals surface area contributed by atoms with Crippen LogP contribution in [0.5, 0.6) is 0 Å². The van der Waals surface area contributed by atoms with Gasteiger partial charge in [0.1, 0.15) is 5.54 Å². The number of amides is 5. The van der Waals surface area contributed by atoms with Crippen LogP contribution < -0.4 is 20.4 Å². The number of carbonyl (C=O) groups is 3. The van der Waals surface area contributed by atoms with E-state index in [0.29, 0.717) is 18.8 Å². The van der Waals surface area contributed by atoms with E-state index >= 15 is 0 Å². The molecule has 0 saturated carbocycles. The van der Waals surface area contributed by atoms with Crippen molar-refractivity contribution in [2.75, 3.05) is 29.4 Å². The molecule has 2 N–H and O–H groups in total. The smallest absolute Gasteiger partial charge is 0.332 e. The minimum absolute atomic E-state index is 0.135. The minimum Gasteiger partial charge on any atom is -0.335 e. The molecule has 1 aromatic carbocycles. The summed E-state index contributed by atoms with van der Waals surface area (Å²) in [5, 5.41) is 6.50. The van der Waals surface area contributed by atoms with E-state index < -0.39 is 5.54 Å². The third-order valence-corrected chi connectivity index (χ3v) is 7.64. The quantitative estimate of drug-likeness (QED) is 0.641. The molecule has 2 aromatic rings. The first-order valence-electron chi connectivity index (χ1n) is 12.6. The first-order valence-corrected chi connectivity index (χ1v) is 12.6. The van der Waals surface area contributed by atoms with E-state index in [2.05, 4.69) is 29.5 Å². The van der Waals surface area contributed by atoms with Gasteiger partial charge in [-0.15, -0.1) is 0 Å². The lowest BCUT2D eigenvalue weighted by Crippen LogP contribution is -2.49. The third-order valence-electron chi connectivity index (χ3n) is 7.64. The highest BCUT2D eigenvalue weighted by atomic mass is 16.2. The van der Waals surface area contributed by atoms with Gasteiger partial charge in [0.15, 0.2) is 0 Å². The summed E-state index contributed by atoms with van der Waals surface area (Å²) in [5.74, 6) is -0.288. The van der Waals surface area contributed by atoms with E-state index in [1.165, 1.54) is 4.90 Å². The van der Waals surface area contributed by atoms with Crippen LogP contribution in [0.15, 0.2) is 42.7 Å². The predicted octanol–water partition coefficient (Wildman–Crippen LogP) is 3.39. The van der Waals surface area contributed by atoms with Gasteiger partial charge < -0.3 is 15.5 Å². The van der Waals surface area contributed by atoms with Crippen molar-refractivity contribution in [3.63, 3.8) is 0 Å². The Morgan fingerprint density at radius 1 is 1.08 bits per heavy atom. The summed E-state index contributed by atoms with van der Waals surface area (Å²) < 4.78 is 0. The van der Waals surface area contributed by atoms with Crippen LogP contribution in [0.2, 0.25) is 0 Å². The van der Waals surface area contributed by atoms with Crippen molar-refractivity contribution in [3.05, 3.63) is 53.9 Å². The average Bonchev–Trinajstić information content (AvgIpc) is 3.22. The Balaban J connectivity index is 1.44. The van der Waals surface area contributed by atoms with E-state index in [0.717, 1.165) is 42.7 Å². The number of piperidine rings is 1. The minimum atomic E-state index is -1.01. The van der Waals surface area contributed by atoms with Crippen LogP contribution in [0.25, 0.3) is 0 Å². The van der Waals surface area contributed by atoms with Crippen LogP contribution >= 0.6 is 0 Å². The SMILES string of the molecule is CC1(C)CN(C(=O)NC2CCNCC2)c2cc(N3C(=O)N(Cc4ccncc4)C(C)(C)C3=O)ccc21. The number of fused-ring (bicyclic) bond motifs is 1. The van der Waals surface area contributed by atoms with Crippen molar-refractivity contribution in [1.82, 2.24) is 20.5 Å². The van der Waals surface area contributed by atoms with Crippen molar-refractivity contribution in [3.8, 4) is 0 Å². The van der Waals surface area contributed by atoms with Crippen LogP contribution in [-0.4, -0.2) is 59.1 Å². The van der Waals surface area contributed by atoms with Gasteiger partial charge in [-0.25, -0.2) is 14.5 Å². The van der Waals surface area contributed by atoms with Crippen LogP contribution in [0.4, 0.5) is 21.0 Å². The number of nitrogens with one attached hydrogen (secondary N) is 2. The molecule has 0 spiro atoms. The molecule has 36 heavy (non-hydrogen) atoms. The second kappa shape index (κ2) is 8.89. The normalized spacial score (nSPS) is 21.2. The molecule has 190 valence electrons. The van der Waals surface area contributed by atoms with E-state index in [-0.39, 0.29) is 29.4 Å². The van der Waals surface area contributed by atoms with Gasteiger partial charge in [0, 0.05) is 36.9 Å². The van der Waals surface area contributed by atoms with Gasteiger partial charge in [0.2, 0.25) is 0 Å². The van der Waals surface area contributed by atoms with Crippen molar-refractivity contribution < 1.29 is 14.4 Å². The van der Waals surface area contributed by atoms with Crippen LogP contribution in [0.1, 0.15) is 51.7 Å². The van der Waals surface area contributed by atoms with Gasteiger partial charge >= 0.3 is 12.1 Å². The van der Waals surface area contributed by atoms with Crippen molar-refractivity contribution in [2.45, 2.75) is 64.1 Å². The molecule has 3 aliphatic rings. The maximum atomic E-state index is 13.6. The molecule has 5 rings (SSSR count). The standard InChI is InChI=1S/C27H34N6O3/c1-26(2)17-31(24(35)30-19-9-13-29-14-10-19)22-15-20(5-6-21(22)26)33-23(34)27(3,4)32(25(33)36)16-18-7-11-28-12-8-18/h5-8,11-12,15,19,29H,9-10,13-14,16-17H2,1-4H3,(H,30,35). The Morgan fingerprint density at radius 2 is 1.78 bits per heavy atom. The number of hydrogen-bond acceptors (Lipinski definition) is 5. The lowest BCUT2D eigenvalue weighted by atomic mass is 9.87.